The molecule has 4 rings (SSSR count). The lowest BCUT2D eigenvalue weighted by atomic mass is 9.78. The lowest BCUT2D eigenvalue weighted by molar-refractivity contribution is -0.145. The third kappa shape index (κ3) is 3.63. The lowest BCUT2D eigenvalue weighted by Crippen LogP contribution is -2.50. The molecule has 1 aromatic heterocycles. The monoisotopic (exact) mass is 373 g/mol. The van der Waals surface area contributed by atoms with E-state index < -0.39 is 0 Å². The second kappa shape index (κ2) is 7.64. The normalized spacial score (nSPS) is 26.9. The van der Waals surface area contributed by atoms with Crippen LogP contribution in [0.3, 0.4) is 0 Å². The standard InChI is InChI=1S/C21H31N3O3/c1-16-18(27-15-22-16)19(25)24-13-10-21(14-24)9-5-11-23(20(21)26)12-8-17-6-3-2-4-7-17/h15,17H,2-14H2,1H3/t21-/m1/s1. The Morgan fingerprint density at radius 3 is 2.78 bits per heavy atom. The molecule has 6 nitrogen and oxygen atoms in total. The molecule has 2 saturated heterocycles. The lowest BCUT2D eigenvalue weighted by Gasteiger charge is -2.40. The van der Waals surface area contributed by atoms with E-state index in [1.807, 2.05) is 0 Å². The molecule has 0 bridgehead atoms. The topological polar surface area (TPSA) is 66.7 Å². The highest BCUT2D eigenvalue weighted by Crippen LogP contribution is 2.41. The average molecular weight is 373 g/mol. The van der Waals surface area contributed by atoms with E-state index in [-0.39, 0.29) is 17.2 Å². The molecule has 3 aliphatic rings. The fourth-order valence-corrected chi connectivity index (χ4v) is 5.25. The molecule has 0 aromatic carbocycles. The highest BCUT2D eigenvalue weighted by atomic mass is 16.3. The fourth-order valence-electron chi connectivity index (χ4n) is 5.25. The third-order valence-electron chi connectivity index (χ3n) is 6.94. The van der Waals surface area contributed by atoms with E-state index in [2.05, 4.69) is 9.88 Å². The molecular formula is C21H31N3O3. The number of hydrogen-bond acceptors (Lipinski definition) is 4. The smallest absolute Gasteiger partial charge is 0.291 e. The highest BCUT2D eigenvalue weighted by molar-refractivity contribution is 5.94. The Balaban J connectivity index is 1.38. The Bertz CT molecular complexity index is 695. The summed E-state index contributed by atoms with van der Waals surface area (Å²) >= 11 is 0. The minimum atomic E-state index is -0.381. The van der Waals surface area contributed by atoms with Gasteiger partial charge in [0, 0.05) is 26.2 Å². The molecule has 2 amide bonds. The number of nitrogens with zero attached hydrogens (tertiary/aromatic N) is 3. The van der Waals surface area contributed by atoms with Gasteiger partial charge in [-0.2, -0.15) is 0 Å². The molecule has 2 aliphatic heterocycles. The zero-order valence-electron chi connectivity index (χ0n) is 16.4. The van der Waals surface area contributed by atoms with Gasteiger partial charge >= 0.3 is 0 Å². The van der Waals surface area contributed by atoms with Crippen LogP contribution >= 0.6 is 0 Å². The van der Waals surface area contributed by atoms with Gasteiger partial charge in [-0.15, -0.1) is 0 Å². The molecular weight excluding hydrogens is 342 g/mol. The van der Waals surface area contributed by atoms with E-state index >= 15 is 0 Å². The first kappa shape index (κ1) is 18.5. The van der Waals surface area contributed by atoms with Crippen LogP contribution in [0.5, 0.6) is 0 Å². The number of carbonyl (C=O) groups excluding carboxylic acids is 2. The molecule has 0 N–H and O–H groups in total. The van der Waals surface area contributed by atoms with Crippen LogP contribution in [0.4, 0.5) is 0 Å². The van der Waals surface area contributed by atoms with Gasteiger partial charge in [-0.3, -0.25) is 9.59 Å². The summed E-state index contributed by atoms with van der Waals surface area (Å²) < 4.78 is 5.27. The summed E-state index contributed by atoms with van der Waals surface area (Å²) in [6, 6.07) is 0. The summed E-state index contributed by atoms with van der Waals surface area (Å²) in [5, 5.41) is 0. The van der Waals surface area contributed by atoms with Crippen molar-refractivity contribution in [1.29, 1.82) is 0 Å². The van der Waals surface area contributed by atoms with Crippen molar-refractivity contribution in [1.82, 2.24) is 14.8 Å². The van der Waals surface area contributed by atoms with Crippen molar-refractivity contribution in [2.45, 2.75) is 64.7 Å². The summed E-state index contributed by atoms with van der Waals surface area (Å²) in [5.74, 6) is 1.24. The first-order valence-corrected chi connectivity index (χ1v) is 10.6. The highest BCUT2D eigenvalue weighted by Gasteiger charge is 2.49. The van der Waals surface area contributed by atoms with Crippen LogP contribution in [-0.2, 0) is 4.79 Å². The molecule has 1 saturated carbocycles. The van der Waals surface area contributed by atoms with Crippen molar-refractivity contribution in [2.24, 2.45) is 11.3 Å². The first-order valence-electron chi connectivity index (χ1n) is 10.6. The van der Waals surface area contributed by atoms with Crippen LogP contribution in [0.2, 0.25) is 0 Å². The van der Waals surface area contributed by atoms with Gasteiger partial charge in [0.1, 0.15) is 0 Å². The minimum Gasteiger partial charge on any atom is -0.438 e. The van der Waals surface area contributed by atoms with Gasteiger partial charge in [-0.1, -0.05) is 32.1 Å². The molecule has 27 heavy (non-hydrogen) atoms. The summed E-state index contributed by atoms with van der Waals surface area (Å²) in [4.78, 5) is 33.9. The van der Waals surface area contributed by atoms with Crippen molar-refractivity contribution in [3.05, 3.63) is 17.8 Å². The van der Waals surface area contributed by atoms with Crippen molar-refractivity contribution in [2.75, 3.05) is 26.2 Å². The Kier molecular flexibility index (Phi) is 5.24. The first-order chi connectivity index (χ1) is 13.1. The molecule has 0 radical (unpaired) electrons. The Labute approximate surface area is 161 Å². The summed E-state index contributed by atoms with van der Waals surface area (Å²) in [5.41, 5.74) is 0.235. The van der Waals surface area contributed by atoms with Crippen LogP contribution in [0.1, 0.15) is 74.0 Å². The van der Waals surface area contributed by atoms with E-state index in [0.717, 1.165) is 44.7 Å². The van der Waals surface area contributed by atoms with Crippen LogP contribution in [0, 0.1) is 18.3 Å². The van der Waals surface area contributed by atoms with Crippen LogP contribution in [-0.4, -0.2) is 52.8 Å². The predicted octanol–water partition coefficient (Wildman–Crippen LogP) is 3.41. The molecule has 1 aromatic rings. The zero-order valence-corrected chi connectivity index (χ0v) is 16.4. The largest absolute Gasteiger partial charge is 0.438 e. The second-order valence-electron chi connectivity index (χ2n) is 8.71. The molecule has 1 spiro atoms. The van der Waals surface area contributed by atoms with Gasteiger partial charge in [0.15, 0.2) is 6.39 Å². The fraction of sp³-hybridized carbons (Fsp3) is 0.762. The Morgan fingerprint density at radius 2 is 2.04 bits per heavy atom. The van der Waals surface area contributed by atoms with Crippen molar-refractivity contribution in [3.8, 4) is 0 Å². The van der Waals surface area contributed by atoms with Crippen molar-refractivity contribution in [3.63, 3.8) is 0 Å². The van der Waals surface area contributed by atoms with Crippen molar-refractivity contribution < 1.29 is 14.0 Å². The number of aromatic nitrogens is 1. The van der Waals surface area contributed by atoms with Crippen LogP contribution in [0.25, 0.3) is 0 Å². The molecule has 3 fully saturated rings. The van der Waals surface area contributed by atoms with E-state index in [1.165, 1.54) is 38.5 Å². The SMILES string of the molecule is Cc1ncoc1C(=O)N1CC[C@]2(CCCN(CCC3CCCCC3)C2=O)C1. The maximum atomic E-state index is 13.3. The minimum absolute atomic E-state index is 0.131. The van der Waals surface area contributed by atoms with Crippen LogP contribution in [0.15, 0.2) is 10.8 Å². The van der Waals surface area contributed by atoms with E-state index in [0.29, 0.717) is 24.5 Å². The Morgan fingerprint density at radius 1 is 1.22 bits per heavy atom. The number of oxazole rings is 1. The molecule has 6 heteroatoms. The average Bonchev–Trinajstić information content (AvgIpc) is 3.31. The number of piperidine rings is 1. The molecule has 148 valence electrons. The van der Waals surface area contributed by atoms with Gasteiger partial charge < -0.3 is 14.2 Å². The Hall–Kier alpha value is -1.85. The second-order valence-corrected chi connectivity index (χ2v) is 8.71. The van der Waals surface area contributed by atoms with Gasteiger partial charge in [0.25, 0.3) is 5.91 Å². The molecule has 3 heterocycles. The number of hydrogen-bond donors (Lipinski definition) is 0. The van der Waals surface area contributed by atoms with E-state index in [9.17, 15) is 9.59 Å². The summed E-state index contributed by atoms with van der Waals surface area (Å²) in [6.45, 7) is 4.69. The zero-order chi connectivity index (χ0) is 18.9. The maximum absolute atomic E-state index is 13.3. The number of carbonyl (C=O) groups is 2. The number of rotatable bonds is 4. The summed E-state index contributed by atoms with van der Waals surface area (Å²) in [6.07, 6.45) is 11.9. The van der Waals surface area contributed by atoms with E-state index in [4.69, 9.17) is 4.42 Å². The molecule has 1 aliphatic carbocycles. The number of amides is 2. The number of likely N-dealkylation sites (tertiary alicyclic amines) is 2. The van der Waals surface area contributed by atoms with Gasteiger partial charge in [0.2, 0.25) is 11.7 Å². The number of aryl methyl sites for hydroxylation is 1. The molecule has 0 unspecified atom stereocenters. The quantitative estimate of drug-likeness (QED) is 0.811. The van der Waals surface area contributed by atoms with Gasteiger partial charge in [-0.05, 0) is 38.5 Å². The van der Waals surface area contributed by atoms with Crippen LogP contribution < -0.4 is 0 Å². The maximum Gasteiger partial charge on any atom is 0.291 e. The van der Waals surface area contributed by atoms with Crippen molar-refractivity contribution >= 4 is 11.8 Å². The third-order valence-corrected chi connectivity index (χ3v) is 6.94. The molecule has 1 atom stereocenters. The summed E-state index contributed by atoms with van der Waals surface area (Å²) in [7, 11) is 0. The van der Waals surface area contributed by atoms with Gasteiger partial charge in [-0.25, -0.2) is 4.98 Å². The van der Waals surface area contributed by atoms with E-state index in [1.54, 1.807) is 11.8 Å². The van der Waals surface area contributed by atoms with Gasteiger partial charge in [0.05, 0.1) is 11.1 Å². The predicted molar refractivity (Wildman–Crippen MR) is 101 cm³/mol.